The van der Waals surface area contributed by atoms with Gasteiger partial charge in [-0.3, -0.25) is 14.2 Å². The fourth-order valence-electron chi connectivity index (χ4n) is 3.07. The summed E-state index contributed by atoms with van der Waals surface area (Å²) in [4.78, 5) is 12.3. The van der Waals surface area contributed by atoms with Crippen LogP contribution in [0.4, 0.5) is 0 Å². The normalized spacial score (nSPS) is 17.6. The summed E-state index contributed by atoms with van der Waals surface area (Å²) in [5.41, 5.74) is 4.34. The van der Waals surface area contributed by atoms with Crippen LogP contribution in [0, 0.1) is 13.8 Å². The van der Waals surface area contributed by atoms with E-state index < -0.39 is 0 Å². The molecule has 2 heterocycles. The third-order valence-electron chi connectivity index (χ3n) is 4.11. The lowest BCUT2D eigenvalue weighted by molar-refractivity contribution is -0.122. The monoisotopic (exact) mass is 287 g/mol. The Bertz CT molecular complexity index is 670. The molecule has 0 radical (unpaired) electrons. The van der Waals surface area contributed by atoms with Crippen LogP contribution in [-0.2, 0) is 24.8 Å². The number of nitrogens with one attached hydrogen (secondary N) is 1. The Morgan fingerprint density at radius 3 is 3.00 bits per heavy atom. The molecule has 0 unspecified atom stereocenters. The summed E-state index contributed by atoms with van der Waals surface area (Å²) in [6.45, 7) is 4.17. The van der Waals surface area contributed by atoms with Gasteiger partial charge in [-0.1, -0.05) is 0 Å². The van der Waals surface area contributed by atoms with Gasteiger partial charge in [0.15, 0.2) is 0 Å². The van der Waals surface area contributed by atoms with Crippen LogP contribution in [-0.4, -0.2) is 25.5 Å². The Labute approximate surface area is 124 Å². The Morgan fingerprint density at radius 2 is 2.29 bits per heavy atom. The maximum atomic E-state index is 12.3. The van der Waals surface area contributed by atoms with Crippen molar-refractivity contribution >= 4 is 5.91 Å². The van der Waals surface area contributed by atoms with Gasteiger partial charge in [0.25, 0.3) is 0 Å². The van der Waals surface area contributed by atoms with Crippen LogP contribution in [0.1, 0.15) is 41.5 Å². The van der Waals surface area contributed by atoms with Crippen LogP contribution in [0.2, 0.25) is 0 Å². The predicted octanol–water partition coefficient (Wildman–Crippen LogP) is 1.43. The summed E-state index contributed by atoms with van der Waals surface area (Å²) >= 11 is 0. The second-order valence-electron chi connectivity index (χ2n) is 5.77. The molecular formula is C15H21N5O. The van der Waals surface area contributed by atoms with E-state index in [4.69, 9.17) is 0 Å². The van der Waals surface area contributed by atoms with Crippen molar-refractivity contribution in [2.75, 3.05) is 0 Å². The van der Waals surface area contributed by atoms with E-state index >= 15 is 0 Å². The Kier molecular flexibility index (Phi) is 3.53. The number of nitrogens with zero attached hydrogens (tertiary/aromatic N) is 4. The molecule has 6 heteroatoms. The van der Waals surface area contributed by atoms with Gasteiger partial charge >= 0.3 is 0 Å². The van der Waals surface area contributed by atoms with Crippen molar-refractivity contribution in [2.24, 2.45) is 7.05 Å². The van der Waals surface area contributed by atoms with Gasteiger partial charge in [0.1, 0.15) is 6.54 Å². The first-order valence-electron chi connectivity index (χ1n) is 7.36. The highest BCUT2D eigenvalue weighted by Crippen LogP contribution is 2.29. The average Bonchev–Trinajstić information content (AvgIpc) is 2.94. The van der Waals surface area contributed by atoms with Crippen LogP contribution in [0.15, 0.2) is 12.3 Å². The molecule has 0 fully saturated rings. The van der Waals surface area contributed by atoms with Gasteiger partial charge in [-0.25, -0.2) is 0 Å². The molecule has 1 aliphatic rings. The van der Waals surface area contributed by atoms with Gasteiger partial charge in [-0.05, 0) is 39.2 Å². The molecule has 0 spiro atoms. The summed E-state index contributed by atoms with van der Waals surface area (Å²) in [6.07, 6.45) is 4.97. The lowest BCUT2D eigenvalue weighted by Gasteiger charge is -2.23. The van der Waals surface area contributed by atoms with Gasteiger partial charge in [-0.15, -0.1) is 0 Å². The van der Waals surface area contributed by atoms with Crippen molar-refractivity contribution in [1.82, 2.24) is 24.9 Å². The topological polar surface area (TPSA) is 64.7 Å². The van der Waals surface area contributed by atoms with Crippen LogP contribution < -0.4 is 5.32 Å². The van der Waals surface area contributed by atoms with Gasteiger partial charge in [0.2, 0.25) is 5.91 Å². The summed E-state index contributed by atoms with van der Waals surface area (Å²) < 4.78 is 3.66. The molecule has 0 bridgehead atoms. The SMILES string of the molecule is Cc1cc(C)n(CC(=O)N[C@@H]2CCCc3c2cnn3C)n1. The van der Waals surface area contributed by atoms with Gasteiger partial charge in [-0.2, -0.15) is 10.2 Å². The quantitative estimate of drug-likeness (QED) is 0.928. The summed E-state index contributed by atoms with van der Waals surface area (Å²) in [5.74, 6) is 0.00269. The summed E-state index contributed by atoms with van der Waals surface area (Å²) in [7, 11) is 1.96. The second kappa shape index (κ2) is 5.35. The Morgan fingerprint density at radius 1 is 1.48 bits per heavy atom. The molecule has 0 saturated heterocycles. The number of hydrogen-bond acceptors (Lipinski definition) is 3. The molecule has 21 heavy (non-hydrogen) atoms. The van der Waals surface area contributed by atoms with Gasteiger partial charge in [0.05, 0.1) is 17.9 Å². The van der Waals surface area contributed by atoms with E-state index in [9.17, 15) is 4.79 Å². The maximum Gasteiger partial charge on any atom is 0.242 e. The fourth-order valence-corrected chi connectivity index (χ4v) is 3.07. The average molecular weight is 287 g/mol. The largest absolute Gasteiger partial charge is 0.348 e. The van der Waals surface area contributed by atoms with Crippen molar-refractivity contribution < 1.29 is 4.79 Å². The molecule has 2 aromatic heterocycles. The van der Waals surface area contributed by atoms with Crippen molar-refractivity contribution in [3.63, 3.8) is 0 Å². The zero-order chi connectivity index (χ0) is 15.0. The van der Waals surface area contributed by atoms with Gasteiger partial charge in [0, 0.05) is 24.0 Å². The predicted molar refractivity (Wildman–Crippen MR) is 78.7 cm³/mol. The highest BCUT2D eigenvalue weighted by atomic mass is 16.2. The van der Waals surface area contributed by atoms with E-state index in [1.54, 1.807) is 4.68 Å². The van der Waals surface area contributed by atoms with E-state index in [2.05, 4.69) is 15.5 Å². The van der Waals surface area contributed by atoms with Crippen molar-refractivity contribution in [3.8, 4) is 0 Å². The lowest BCUT2D eigenvalue weighted by atomic mass is 9.93. The van der Waals surface area contributed by atoms with E-state index in [0.29, 0.717) is 0 Å². The first-order valence-corrected chi connectivity index (χ1v) is 7.36. The molecule has 0 aliphatic heterocycles. The van der Waals surface area contributed by atoms with Crippen LogP contribution >= 0.6 is 0 Å². The summed E-state index contributed by atoms with van der Waals surface area (Å²) in [5, 5.41) is 11.8. The molecule has 2 aromatic rings. The third kappa shape index (κ3) is 2.70. The number of fused-ring (bicyclic) bond motifs is 1. The zero-order valence-electron chi connectivity index (χ0n) is 12.8. The van der Waals surface area contributed by atoms with E-state index in [1.807, 2.05) is 37.8 Å². The third-order valence-corrected chi connectivity index (χ3v) is 4.11. The number of carbonyl (C=O) groups is 1. The molecule has 3 rings (SSSR count). The van der Waals surface area contributed by atoms with Crippen molar-refractivity contribution in [3.05, 3.63) is 34.9 Å². The Balaban J connectivity index is 1.70. The lowest BCUT2D eigenvalue weighted by Crippen LogP contribution is -2.33. The minimum absolute atomic E-state index is 0.00269. The smallest absolute Gasteiger partial charge is 0.242 e. The molecule has 6 nitrogen and oxygen atoms in total. The highest BCUT2D eigenvalue weighted by Gasteiger charge is 2.24. The van der Waals surface area contributed by atoms with Crippen molar-refractivity contribution in [2.45, 2.75) is 45.7 Å². The second-order valence-corrected chi connectivity index (χ2v) is 5.77. The number of rotatable bonds is 3. The van der Waals surface area contributed by atoms with Gasteiger partial charge < -0.3 is 5.32 Å². The van der Waals surface area contributed by atoms with Crippen LogP contribution in [0.3, 0.4) is 0 Å². The molecule has 0 aromatic carbocycles. The zero-order valence-corrected chi connectivity index (χ0v) is 12.8. The molecule has 0 saturated carbocycles. The number of aryl methyl sites for hydroxylation is 3. The Hall–Kier alpha value is -2.11. The highest BCUT2D eigenvalue weighted by molar-refractivity contribution is 5.76. The number of aromatic nitrogens is 4. The van der Waals surface area contributed by atoms with Crippen LogP contribution in [0.25, 0.3) is 0 Å². The summed E-state index contributed by atoms with van der Waals surface area (Å²) in [6, 6.07) is 2.06. The number of carbonyl (C=O) groups excluding carboxylic acids is 1. The number of hydrogen-bond donors (Lipinski definition) is 1. The van der Waals surface area contributed by atoms with E-state index in [-0.39, 0.29) is 18.5 Å². The molecule has 1 aliphatic carbocycles. The molecule has 1 atom stereocenters. The standard InChI is InChI=1S/C15H21N5O/c1-10-7-11(2)20(18-10)9-15(21)17-13-5-4-6-14-12(13)8-16-19(14)3/h7-8,13H,4-6,9H2,1-3H3,(H,17,21)/t13-/m1/s1. The van der Waals surface area contributed by atoms with Crippen molar-refractivity contribution in [1.29, 1.82) is 0 Å². The maximum absolute atomic E-state index is 12.3. The molecule has 1 N–H and O–H groups in total. The minimum Gasteiger partial charge on any atom is -0.348 e. The first kappa shape index (κ1) is 13.9. The fraction of sp³-hybridized carbons (Fsp3) is 0.533. The molecule has 1 amide bonds. The first-order chi connectivity index (χ1) is 10.0. The molecule has 112 valence electrons. The van der Waals surface area contributed by atoms with E-state index in [0.717, 1.165) is 36.2 Å². The van der Waals surface area contributed by atoms with E-state index in [1.165, 1.54) is 5.69 Å². The minimum atomic E-state index is 0.00269. The number of amides is 1. The van der Waals surface area contributed by atoms with Crippen LogP contribution in [0.5, 0.6) is 0 Å². The molecular weight excluding hydrogens is 266 g/mol.